The van der Waals surface area contributed by atoms with E-state index >= 15 is 0 Å². The van der Waals surface area contributed by atoms with Crippen LogP contribution in [0.4, 0.5) is 5.69 Å². The average molecular weight is 355 g/mol. The summed E-state index contributed by atoms with van der Waals surface area (Å²) in [5, 5.41) is 3.08. The standard InChI is InChI=1S/C21H26N2OS/c1-2-25-20-13-6-4-11-18(20)21(24)22-14-8-16-23-15-7-10-17-9-3-5-12-19(17)23/h3-6,9,11-13H,2,7-8,10,14-16H2,1H3,(H,22,24). The Labute approximate surface area is 154 Å². The summed E-state index contributed by atoms with van der Waals surface area (Å²) >= 11 is 1.72. The van der Waals surface area contributed by atoms with Gasteiger partial charge in [-0.15, -0.1) is 11.8 Å². The van der Waals surface area contributed by atoms with E-state index in [1.807, 2.05) is 24.3 Å². The van der Waals surface area contributed by atoms with Crippen molar-refractivity contribution in [3.63, 3.8) is 0 Å². The lowest BCUT2D eigenvalue weighted by atomic mass is 10.0. The predicted molar refractivity (Wildman–Crippen MR) is 107 cm³/mol. The Morgan fingerprint density at radius 2 is 1.96 bits per heavy atom. The first-order valence-electron chi connectivity index (χ1n) is 9.12. The van der Waals surface area contributed by atoms with E-state index in [4.69, 9.17) is 0 Å². The summed E-state index contributed by atoms with van der Waals surface area (Å²) in [6, 6.07) is 16.5. The van der Waals surface area contributed by atoms with E-state index in [0.717, 1.165) is 35.7 Å². The van der Waals surface area contributed by atoms with E-state index in [-0.39, 0.29) is 5.91 Å². The van der Waals surface area contributed by atoms with Gasteiger partial charge in [0.1, 0.15) is 0 Å². The molecular formula is C21H26N2OS. The molecule has 0 unspecified atom stereocenters. The Morgan fingerprint density at radius 1 is 1.16 bits per heavy atom. The molecule has 0 saturated carbocycles. The fourth-order valence-corrected chi connectivity index (χ4v) is 4.15. The van der Waals surface area contributed by atoms with Crippen LogP contribution >= 0.6 is 11.8 Å². The Morgan fingerprint density at radius 3 is 2.84 bits per heavy atom. The lowest BCUT2D eigenvalue weighted by molar-refractivity contribution is 0.0950. The molecule has 132 valence electrons. The first-order chi connectivity index (χ1) is 12.3. The summed E-state index contributed by atoms with van der Waals surface area (Å²) < 4.78 is 0. The van der Waals surface area contributed by atoms with Crippen molar-refractivity contribution in [3.05, 3.63) is 59.7 Å². The molecule has 0 saturated heterocycles. The van der Waals surface area contributed by atoms with Gasteiger partial charge in [0.25, 0.3) is 5.91 Å². The van der Waals surface area contributed by atoms with Crippen LogP contribution in [0.2, 0.25) is 0 Å². The Hall–Kier alpha value is -1.94. The van der Waals surface area contributed by atoms with Gasteiger partial charge in [-0.05, 0) is 48.8 Å². The second-order valence-electron chi connectivity index (χ2n) is 6.26. The Bertz CT molecular complexity index is 717. The van der Waals surface area contributed by atoms with E-state index in [1.54, 1.807) is 11.8 Å². The third kappa shape index (κ3) is 4.57. The highest BCUT2D eigenvalue weighted by Gasteiger charge is 2.16. The number of thioether (sulfide) groups is 1. The van der Waals surface area contributed by atoms with Crippen molar-refractivity contribution in [1.82, 2.24) is 5.32 Å². The maximum absolute atomic E-state index is 12.5. The van der Waals surface area contributed by atoms with Crippen molar-refractivity contribution < 1.29 is 4.79 Å². The molecule has 1 aliphatic rings. The molecule has 1 N–H and O–H groups in total. The lowest BCUT2D eigenvalue weighted by Gasteiger charge is -2.31. The lowest BCUT2D eigenvalue weighted by Crippen LogP contribution is -2.33. The number of aryl methyl sites for hydroxylation is 1. The van der Waals surface area contributed by atoms with E-state index in [0.29, 0.717) is 6.54 Å². The van der Waals surface area contributed by atoms with Crippen LogP contribution in [0, 0.1) is 0 Å². The molecule has 25 heavy (non-hydrogen) atoms. The van der Waals surface area contributed by atoms with Crippen LogP contribution in [0.5, 0.6) is 0 Å². The molecule has 0 fully saturated rings. The first kappa shape index (κ1) is 17.9. The SMILES string of the molecule is CCSc1ccccc1C(=O)NCCCN1CCCc2ccccc21. The molecule has 0 aliphatic carbocycles. The number of para-hydroxylation sites is 1. The molecule has 2 aromatic carbocycles. The first-order valence-corrected chi connectivity index (χ1v) is 10.1. The number of benzene rings is 2. The molecule has 0 atom stereocenters. The normalized spacial score (nSPS) is 13.4. The van der Waals surface area contributed by atoms with Gasteiger partial charge in [0.05, 0.1) is 5.56 Å². The molecular weight excluding hydrogens is 328 g/mol. The highest BCUT2D eigenvalue weighted by Crippen LogP contribution is 2.26. The summed E-state index contributed by atoms with van der Waals surface area (Å²) in [6.07, 6.45) is 3.35. The number of nitrogens with one attached hydrogen (secondary N) is 1. The van der Waals surface area contributed by atoms with E-state index < -0.39 is 0 Å². The third-order valence-electron chi connectivity index (χ3n) is 4.53. The second kappa shape index (κ2) is 8.95. The minimum absolute atomic E-state index is 0.0376. The van der Waals surface area contributed by atoms with Crippen LogP contribution in [0.25, 0.3) is 0 Å². The number of amides is 1. The van der Waals surface area contributed by atoms with Crippen LogP contribution in [0.15, 0.2) is 53.4 Å². The molecule has 2 aromatic rings. The number of carbonyl (C=O) groups excluding carboxylic acids is 1. The maximum Gasteiger partial charge on any atom is 0.252 e. The van der Waals surface area contributed by atoms with Crippen molar-refractivity contribution in [2.24, 2.45) is 0 Å². The minimum atomic E-state index is 0.0376. The molecule has 0 aromatic heterocycles. The highest BCUT2D eigenvalue weighted by atomic mass is 32.2. The zero-order valence-electron chi connectivity index (χ0n) is 14.8. The molecule has 4 heteroatoms. The molecule has 3 nitrogen and oxygen atoms in total. The largest absolute Gasteiger partial charge is 0.371 e. The smallest absolute Gasteiger partial charge is 0.252 e. The van der Waals surface area contributed by atoms with Crippen molar-refractivity contribution in [3.8, 4) is 0 Å². The second-order valence-corrected chi connectivity index (χ2v) is 7.56. The van der Waals surface area contributed by atoms with Gasteiger partial charge in [0.15, 0.2) is 0 Å². The molecule has 0 bridgehead atoms. The van der Waals surface area contributed by atoms with E-state index in [1.165, 1.54) is 24.1 Å². The Balaban J connectivity index is 1.50. The van der Waals surface area contributed by atoms with Gasteiger partial charge in [0, 0.05) is 30.2 Å². The van der Waals surface area contributed by atoms with Crippen LogP contribution < -0.4 is 10.2 Å². The van der Waals surface area contributed by atoms with Gasteiger partial charge in [-0.3, -0.25) is 4.79 Å². The number of fused-ring (bicyclic) bond motifs is 1. The molecule has 3 rings (SSSR count). The number of rotatable bonds is 7. The number of carbonyl (C=O) groups is 1. The monoisotopic (exact) mass is 354 g/mol. The minimum Gasteiger partial charge on any atom is -0.371 e. The van der Waals surface area contributed by atoms with Crippen LogP contribution in [-0.2, 0) is 6.42 Å². The summed E-state index contributed by atoms with van der Waals surface area (Å²) in [7, 11) is 0. The zero-order valence-corrected chi connectivity index (χ0v) is 15.6. The summed E-state index contributed by atoms with van der Waals surface area (Å²) in [5.41, 5.74) is 3.60. The highest BCUT2D eigenvalue weighted by molar-refractivity contribution is 7.99. The van der Waals surface area contributed by atoms with Gasteiger partial charge in [-0.1, -0.05) is 37.3 Å². The number of anilines is 1. The topological polar surface area (TPSA) is 32.3 Å². The molecule has 0 spiro atoms. The van der Waals surface area contributed by atoms with Gasteiger partial charge < -0.3 is 10.2 Å². The predicted octanol–water partition coefficient (Wildman–Crippen LogP) is 4.37. The van der Waals surface area contributed by atoms with Crippen molar-refractivity contribution in [2.45, 2.75) is 31.1 Å². The van der Waals surface area contributed by atoms with Crippen molar-refractivity contribution in [1.29, 1.82) is 0 Å². The summed E-state index contributed by atoms with van der Waals surface area (Å²) in [5.74, 6) is 1.01. The third-order valence-corrected chi connectivity index (χ3v) is 5.48. The van der Waals surface area contributed by atoms with Gasteiger partial charge in [-0.2, -0.15) is 0 Å². The van der Waals surface area contributed by atoms with Crippen LogP contribution in [0.1, 0.15) is 35.7 Å². The van der Waals surface area contributed by atoms with Crippen LogP contribution in [0.3, 0.4) is 0 Å². The zero-order chi connectivity index (χ0) is 17.5. The number of nitrogens with zero attached hydrogens (tertiary/aromatic N) is 1. The molecule has 1 amide bonds. The van der Waals surface area contributed by atoms with Gasteiger partial charge in [-0.25, -0.2) is 0 Å². The molecule has 1 aliphatic heterocycles. The number of hydrogen-bond donors (Lipinski definition) is 1. The molecule has 0 radical (unpaired) electrons. The van der Waals surface area contributed by atoms with Gasteiger partial charge in [0.2, 0.25) is 0 Å². The summed E-state index contributed by atoms with van der Waals surface area (Å²) in [4.78, 5) is 16.0. The average Bonchev–Trinajstić information content (AvgIpc) is 2.66. The number of hydrogen-bond acceptors (Lipinski definition) is 3. The van der Waals surface area contributed by atoms with E-state index in [9.17, 15) is 4.79 Å². The van der Waals surface area contributed by atoms with E-state index in [2.05, 4.69) is 41.4 Å². The molecule has 1 heterocycles. The van der Waals surface area contributed by atoms with Crippen molar-refractivity contribution in [2.75, 3.05) is 30.3 Å². The van der Waals surface area contributed by atoms with Crippen LogP contribution in [-0.4, -0.2) is 31.3 Å². The Kier molecular flexibility index (Phi) is 6.40. The van der Waals surface area contributed by atoms with Crippen molar-refractivity contribution >= 4 is 23.4 Å². The fourth-order valence-electron chi connectivity index (χ4n) is 3.35. The summed E-state index contributed by atoms with van der Waals surface area (Å²) in [6.45, 7) is 4.92. The maximum atomic E-state index is 12.5. The fraction of sp³-hybridized carbons (Fsp3) is 0.381. The van der Waals surface area contributed by atoms with Gasteiger partial charge >= 0.3 is 0 Å². The quantitative estimate of drug-likeness (QED) is 0.592.